The monoisotopic (exact) mass is 736 g/mol. The van der Waals surface area contributed by atoms with E-state index in [9.17, 15) is 28.8 Å². The highest BCUT2D eigenvalue weighted by molar-refractivity contribution is 5.95. The van der Waals surface area contributed by atoms with Gasteiger partial charge in [-0.3, -0.25) is 19.2 Å². The Labute approximate surface area is 315 Å². The largest absolute Gasteiger partial charge is 0.460 e. The Kier molecular flexibility index (Phi) is 15.9. The van der Waals surface area contributed by atoms with Crippen LogP contribution >= 0.6 is 0 Å². The Hall–Kier alpha value is -4.40. The summed E-state index contributed by atoms with van der Waals surface area (Å²) in [6.45, 7) is 12.8. The number of amides is 4. The van der Waals surface area contributed by atoms with E-state index in [-0.39, 0.29) is 31.2 Å². The summed E-state index contributed by atoms with van der Waals surface area (Å²) in [5, 5.41) is 2.87. The van der Waals surface area contributed by atoms with E-state index in [0.29, 0.717) is 32.1 Å². The van der Waals surface area contributed by atoms with E-state index >= 15 is 0 Å². The van der Waals surface area contributed by atoms with Gasteiger partial charge in [-0.05, 0) is 49.0 Å². The van der Waals surface area contributed by atoms with Crippen molar-refractivity contribution < 1.29 is 38.2 Å². The second kappa shape index (κ2) is 19.6. The molecule has 3 rings (SSSR count). The first-order chi connectivity index (χ1) is 25.0. The van der Waals surface area contributed by atoms with Crippen molar-refractivity contribution in [1.82, 2.24) is 20.0 Å². The third-order valence-electron chi connectivity index (χ3n) is 10.7. The summed E-state index contributed by atoms with van der Waals surface area (Å²) in [4.78, 5) is 89.2. The molecule has 2 saturated heterocycles. The molecule has 8 atom stereocenters. The number of nitrogens with zero attached hydrogens (tertiary/aromatic N) is 3. The average Bonchev–Trinajstić information content (AvgIpc) is 3.61. The van der Waals surface area contributed by atoms with Gasteiger partial charge in [0.05, 0.1) is 5.92 Å². The molecule has 12 nitrogen and oxygen atoms in total. The van der Waals surface area contributed by atoms with Gasteiger partial charge in [0, 0.05) is 33.5 Å². The molecule has 2 aliphatic rings. The first-order valence-electron chi connectivity index (χ1n) is 19.1. The van der Waals surface area contributed by atoms with Crippen molar-refractivity contribution in [2.75, 3.05) is 20.6 Å². The number of cyclic esters (lactones) is 2. The zero-order chi connectivity index (χ0) is 39.6. The molecule has 0 aliphatic carbocycles. The van der Waals surface area contributed by atoms with Crippen LogP contribution in [0.4, 0.5) is 0 Å². The van der Waals surface area contributed by atoms with Gasteiger partial charge >= 0.3 is 11.9 Å². The van der Waals surface area contributed by atoms with Crippen LogP contribution in [0.3, 0.4) is 0 Å². The predicted molar refractivity (Wildman–Crippen MR) is 201 cm³/mol. The minimum atomic E-state index is -1.30. The van der Waals surface area contributed by atoms with E-state index in [1.54, 1.807) is 34.6 Å². The Morgan fingerprint density at radius 2 is 1.49 bits per heavy atom. The number of hydrogen-bond donors (Lipinski definition) is 1. The summed E-state index contributed by atoms with van der Waals surface area (Å²) in [6, 6.07) is 5.09. The molecule has 2 fully saturated rings. The van der Waals surface area contributed by atoms with Crippen LogP contribution in [0.1, 0.15) is 92.6 Å². The molecule has 1 aromatic carbocycles. The lowest BCUT2D eigenvalue weighted by molar-refractivity contribution is -0.170. The second-order valence-electron chi connectivity index (χ2n) is 15.3. The highest BCUT2D eigenvalue weighted by atomic mass is 16.6. The number of nitrogens with one attached hydrogen (secondary N) is 1. The van der Waals surface area contributed by atoms with Crippen LogP contribution < -0.4 is 5.32 Å². The number of rotatable bonds is 9. The van der Waals surface area contributed by atoms with Gasteiger partial charge in [-0.2, -0.15) is 0 Å². The standard InChI is InChI=1S/C41H60N4O8/c1-11-13-15-22-31-28(8)36(46)42-33(25(3)4)39(49)43(9)34(26(5)6)40(50)53-32(24-29-19-16-14-17-20-29)38(48)45-23-18-21-30(45)37(47)44(10)35(27(7)12-2)41(51)52-31/h1,14,16-17,19-20,25-28,30-35H,12-13,15,18,21-24H2,2-10H3,(H,42,46)/t27-,28-,30-,31+,32-,33-,34-,35-/m0/s1. The summed E-state index contributed by atoms with van der Waals surface area (Å²) in [5.41, 5.74) is 0.745. The average molecular weight is 737 g/mol. The summed E-state index contributed by atoms with van der Waals surface area (Å²) in [7, 11) is 3.02. The molecule has 0 spiro atoms. The lowest BCUT2D eigenvalue weighted by Gasteiger charge is -2.36. The SMILES string of the molecule is C#CCCC[C@H]1OC(=O)[C@H]([C@@H](C)CC)N(C)C(=O)[C@@H]2CCCN2C(=O)[C@H](Cc2ccccc2)OC(=O)[C@H](C(C)C)N(C)C(=O)[C@H](C(C)C)NC(=O)[C@H]1C. The van der Waals surface area contributed by atoms with Gasteiger partial charge in [-0.25, -0.2) is 9.59 Å². The Bertz CT molecular complexity index is 1490. The number of fused-ring (bicyclic) bond motifs is 1. The molecule has 2 aliphatic heterocycles. The van der Waals surface area contributed by atoms with Crippen molar-refractivity contribution in [2.24, 2.45) is 23.7 Å². The van der Waals surface area contributed by atoms with Crippen molar-refractivity contribution in [2.45, 2.75) is 130 Å². The molecule has 0 saturated carbocycles. The highest BCUT2D eigenvalue weighted by Crippen LogP contribution is 2.27. The number of ether oxygens (including phenoxy) is 2. The first-order valence-corrected chi connectivity index (χ1v) is 19.1. The van der Waals surface area contributed by atoms with Crippen molar-refractivity contribution in [3.05, 3.63) is 35.9 Å². The smallest absolute Gasteiger partial charge is 0.329 e. The third-order valence-corrected chi connectivity index (χ3v) is 10.7. The van der Waals surface area contributed by atoms with Crippen LogP contribution in [0, 0.1) is 36.0 Å². The zero-order valence-electron chi connectivity index (χ0n) is 33.0. The van der Waals surface area contributed by atoms with Gasteiger partial charge < -0.3 is 29.5 Å². The number of carbonyl (C=O) groups is 6. The van der Waals surface area contributed by atoms with E-state index in [1.165, 1.54) is 28.8 Å². The first kappa shape index (κ1) is 43.0. The van der Waals surface area contributed by atoms with E-state index in [2.05, 4.69) is 11.2 Å². The Morgan fingerprint density at radius 3 is 2.08 bits per heavy atom. The molecular formula is C41H60N4O8. The van der Waals surface area contributed by atoms with Crippen LogP contribution in [-0.4, -0.2) is 107 Å². The highest BCUT2D eigenvalue weighted by Gasteiger charge is 2.45. The molecule has 1 aromatic rings. The van der Waals surface area contributed by atoms with E-state index < -0.39 is 83.8 Å². The zero-order valence-corrected chi connectivity index (χ0v) is 33.0. The van der Waals surface area contributed by atoms with Crippen LogP contribution in [0.25, 0.3) is 0 Å². The predicted octanol–water partition coefficient (Wildman–Crippen LogP) is 3.99. The van der Waals surface area contributed by atoms with Crippen molar-refractivity contribution in [1.29, 1.82) is 0 Å². The van der Waals surface area contributed by atoms with Gasteiger partial charge in [0.2, 0.25) is 17.7 Å². The Morgan fingerprint density at radius 1 is 0.868 bits per heavy atom. The summed E-state index contributed by atoms with van der Waals surface area (Å²) in [6.07, 6.45) is 5.96. The minimum absolute atomic E-state index is 0.0482. The second-order valence-corrected chi connectivity index (χ2v) is 15.3. The van der Waals surface area contributed by atoms with Crippen LogP contribution in [0.15, 0.2) is 30.3 Å². The molecule has 2 heterocycles. The molecule has 292 valence electrons. The van der Waals surface area contributed by atoms with Crippen LogP contribution in [0.2, 0.25) is 0 Å². The van der Waals surface area contributed by atoms with Crippen molar-refractivity contribution >= 4 is 35.6 Å². The fourth-order valence-corrected chi connectivity index (χ4v) is 7.29. The number of benzene rings is 1. The molecule has 0 unspecified atom stereocenters. The number of esters is 2. The molecule has 4 amide bonds. The summed E-state index contributed by atoms with van der Waals surface area (Å²) >= 11 is 0. The molecule has 1 N–H and O–H groups in total. The van der Waals surface area contributed by atoms with Gasteiger partial charge in [0.25, 0.3) is 5.91 Å². The lowest BCUT2D eigenvalue weighted by Crippen LogP contribution is -2.57. The fourth-order valence-electron chi connectivity index (χ4n) is 7.29. The summed E-state index contributed by atoms with van der Waals surface area (Å²) in [5.74, 6) is -2.85. The molecule has 0 radical (unpaired) electrons. The van der Waals surface area contributed by atoms with E-state index in [0.717, 1.165) is 5.56 Å². The van der Waals surface area contributed by atoms with E-state index in [1.807, 2.05) is 44.2 Å². The van der Waals surface area contributed by atoms with Crippen molar-refractivity contribution in [3.63, 3.8) is 0 Å². The molecule has 0 bridgehead atoms. The van der Waals surface area contributed by atoms with Crippen molar-refractivity contribution in [3.8, 4) is 12.3 Å². The Balaban J connectivity index is 2.18. The number of terminal acetylenes is 1. The quantitative estimate of drug-likeness (QED) is 0.228. The molecule has 53 heavy (non-hydrogen) atoms. The number of unbranched alkanes of at least 4 members (excludes halogenated alkanes) is 1. The van der Waals surface area contributed by atoms with Gasteiger partial charge in [0.1, 0.15) is 30.3 Å². The number of hydrogen-bond acceptors (Lipinski definition) is 8. The van der Waals surface area contributed by atoms with E-state index in [4.69, 9.17) is 15.9 Å². The maximum atomic E-state index is 14.5. The molecule has 12 heteroatoms. The van der Waals surface area contributed by atoms with Gasteiger partial charge in [-0.15, -0.1) is 12.3 Å². The maximum Gasteiger partial charge on any atom is 0.329 e. The molecule has 0 aromatic heterocycles. The number of carbonyl (C=O) groups excluding carboxylic acids is 6. The third kappa shape index (κ3) is 10.6. The topological polar surface area (TPSA) is 143 Å². The van der Waals surface area contributed by atoms with Gasteiger partial charge in [-0.1, -0.05) is 85.2 Å². The fraction of sp³-hybridized carbons (Fsp3) is 0.659. The maximum absolute atomic E-state index is 14.5. The minimum Gasteiger partial charge on any atom is -0.460 e. The van der Waals surface area contributed by atoms with Gasteiger partial charge in [0.15, 0.2) is 6.10 Å². The normalized spacial score (nSPS) is 27.7. The summed E-state index contributed by atoms with van der Waals surface area (Å²) < 4.78 is 12.2. The number of likely N-dealkylation sites (N-methyl/N-ethyl adjacent to an activating group) is 2. The van der Waals surface area contributed by atoms with Crippen LogP contribution in [-0.2, 0) is 44.7 Å². The lowest BCUT2D eigenvalue weighted by atomic mass is 9.94. The molecular weight excluding hydrogens is 676 g/mol. The van der Waals surface area contributed by atoms with Crippen LogP contribution in [0.5, 0.6) is 0 Å².